The summed E-state index contributed by atoms with van der Waals surface area (Å²) >= 11 is 1.44. The molecule has 26 heavy (non-hydrogen) atoms. The van der Waals surface area contributed by atoms with E-state index in [1.54, 1.807) is 35.2 Å². The number of hydrogen-bond acceptors (Lipinski definition) is 3. The third kappa shape index (κ3) is 3.90. The standard InChI is InChI=1S/C20H21FN2O2S/c1-3-13(2)22-20(25)14-8-9-18-17(10-14)23(19(24)12-26-18)11-15-6-4-5-7-16(15)21/h4-10,13H,3,11-12H2,1-2H3,(H,22,25)/t13-/m0/s1. The van der Waals surface area contributed by atoms with Gasteiger partial charge >= 0.3 is 0 Å². The lowest BCUT2D eigenvalue weighted by atomic mass is 10.1. The Morgan fingerprint density at radius 3 is 2.81 bits per heavy atom. The number of amides is 2. The van der Waals surface area contributed by atoms with Crippen molar-refractivity contribution in [2.75, 3.05) is 10.7 Å². The number of carbonyl (C=O) groups excluding carboxylic acids is 2. The summed E-state index contributed by atoms with van der Waals surface area (Å²) in [6.07, 6.45) is 0.838. The Hall–Kier alpha value is -2.34. The summed E-state index contributed by atoms with van der Waals surface area (Å²) in [7, 11) is 0. The third-order valence-corrected chi connectivity index (χ3v) is 5.49. The largest absolute Gasteiger partial charge is 0.350 e. The summed E-state index contributed by atoms with van der Waals surface area (Å²) in [5.41, 5.74) is 1.61. The highest BCUT2D eigenvalue weighted by Crippen LogP contribution is 2.37. The van der Waals surface area contributed by atoms with Gasteiger partial charge in [0.05, 0.1) is 18.0 Å². The van der Waals surface area contributed by atoms with Gasteiger partial charge in [-0.05, 0) is 37.6 Å². The third-order valence-electron chi connectivity index (χ3n) is 4.44. The molecular weight excluding hydrogens is 351 g/mol. The molecule has 1 aliphatic heterocycles. The average Bonchev–Trinajstić information content (AvgIpc) is 2.65. The van der Waals surface area contributed by atoms with Crippen LogP contribution in [0.3, 0.4) is 0 Å². The zero-order valence-corrected chi connectivity index (χ0v) is 15.6. The van der Waals surface area contributed by atoms with E-state index in [9.17, 15) is 14.0 Å². The van der Waals surface area contributed by atoms with Crippen LogP contribution in [0.4, 0.5) is 10.1 Å². The van der Waals surface area contributed by atoms with Crippen molar-refractivity contribution in [2.24, 2.45) is 0 Å². The van der Waals surface area contributed by atoms with Crippen LogP contribution in [0.5, 0.6) is 0 Å². The number of nitrogens with zero attached hydrogens (tertiary/aromatic N) is 1. The molecule has 0 unspecified atom stereocenters. The minimum atomic E-state index is -0.342. The fourth-order valence-corrected chi connectivity index (χ4v) is 3.64. The van der Waals surface area contributed by atoms with Gasteiger partial charge in [-0.1, -0.05) is 25.1 Å². The number of anilines is 1. The molecule has 4 nitrogen and oxygen atoms in total. The SMILES string of the molecule is CC[C@H](C)NC(=O)c1ccc2c(c1)N(Cc1ccccc1F)C(=O)CS2. The lowest BCUT2D eigenvalue weighted by Crippen LogP contribution is -2.36. The maximum Gasteiger partial charge on any atom is 0.251 e. The van der Waals surface area contributed by atoms with Gasteiger partial charge in [0.2, 0.25) is 5.91 Å². The Bertz CT molecular complexity index is 840. The topological polar surface area (TPSA) is 49.4 Å². The summed E-state index contributed by atoms with van der Waals surface area (Å²) < 4.78 is 14.0. The second-order valence-electron chi connectivity index (χ2n) is 6.33. The molecule has 1 heterocycles. The molecule has 0 saturated heterocycles. The minimum absolute atomic E-state index is 0.0732. The number of rotatable bonds is 5. The van der Waals surface area contributed by atoms with E-state index >= 15 is 0 Å². The molecule has 0 aromatic heterocycles. The van der Waals surface area contributed by atoms with Gasteiger partial charge < -0.3 is 10.2 Å². The molecular formula is C20H21FN2O2S. The van der Waals surface area contributed by atoms with Crippen LogP contribution in [0.25, 0.3) is 0 Å². The first-order valence-electron chi connectivity index (χ1n) is 8.61. The van der Waals surface area contributed by atoms with Crippen molar-refractivity contribution in [3.8, 4) is 0 Å². The smallest absolute Gasteiger partial charge is 0.251 e. The summed E-state index contributed by atoms with van der Waals surface area (Å²) in [5.74, 6) is -0.299. The Balaban J connectivity index is 1.92. The zero-order valence-electron chi connectivity index (χ0n) is 14.8. The number of thioether (sulfide) groups is 1. The van der Waals surface area contributed by atoms with E-state index in [1.165, 1.54) is 17.8 Å². The summed E-state index contributed by atoms with van der Waals surface area (Å²) in [5, 5.41) is 2.93. The van der Waals surface area contributed by atoms with E-state index in [-0.39, 0.29) is 30.2 Å². The van der Waals surface area contributed by atoms with Crippen molar-refractivity contribution in [1.29, 1.82) is 0 Å². The van der Waals surface area contributed by atoms with E-state index < -0.39 is 0 Å². The number of nitrogens with one attached hydrogen (secondary N) is 1. The van der Waals surface area contributed by atoms with Gasteiger partial charge in [0.25, 0.3) is 5.91 Å². The molecule has 6 heteroatoms. The van der Waals surface area contributed by atoms with Gasteiger partial charge in [-0.2, -0.15) is 0 Å². The maximum atomic E-state index is 14.0. The molecule has 0 fully saturated rings. The number of fused-ring (bicyclic) bond motifs is 1. The highest BCUT2D eigenvalue weighted by atomic mass is 32.2. The Kier molecular flexibility index (Phi) is 5.61. The van der Waals surface area contributed by atoms with E-state index in [1.807, 2.05) is 19.9 Å². The molecule has 1 aliphatic rings. The highest BCUT2D eigenvalue weighted by molar-refractivity contribution is 8.00. The zero-order chi connectivity index (χ0) is 18.7. The van der Waals surface area contributed by atoms with Crippen LogP contribution in [0.2, 0.25) is 0 Å². The van der Waals surface area contributed by atoms with Gasteiger partial charge in [-0.15, -0.1) is 11.8 Å². The van der Waals surface area contributed by atoms with Crippen molar-refractivity contribution in [2.45, 2.75) is 37.8 Å². The number of hydrogen-bond donors (Lipinski definition) is 1. The fraction of sp³-hybridized carbons (Fsp3) is 0.300. The Morgan fingerprint density at radius 2 is 2.08 bits per heavy atom. The normalized spacial score (nSPS) is 14.7. The van der Waals surface area contributed by atoms with E-state index in [2.05, 4.69) is 5.32 Å². The molecule has 2 aromatic carbocycles. The monoisotopic (exact) mass is 372 g/mol. The predicted molar refractivity (Wildman–Crippen MR) is 102 cm³/mol. The van der Waals surface area contributed by atoms with Crippen LogP contribution < -0.4 is 10.2 Å². The molecule has 2 amide bonds. The number of benzene rings is 2. The molecule has 0 aliphatic carbocycles. The molecule has 0 radical (unpaired) electrons. The lowest BCUT2D eigenvalue weighted by molar-refractivity contribution is -0.116. The van der Waals surface area contributed by atoms with E-state index in [0.717, 1.165) is 11.3 Å². The molecule has 2 aromatic rings. The summed E-state index contributed by atoms with van der Waals surface area (Å²) in [4.78, 5) is 27.4. The molecule has 0 saturated carbocycles. The van der Waals surface area contributed by atoms with Crippen molar-refractivity contribution >= 4 is 29.3 Å². The molecule has 1 N–H and O–H groups in total. The number of halogens is 1. The van der Waals surface area contributed by atoms with Crippen LogP contribution in [0, 0.1) is 5.82 Å². The first kappa shape index (κ1) is 18.5. The van der Waals surface area contributed by atoms with Crippen molar-refractivity contribution in [3.05, 3.63) is 59.4 Å². The first-order chi connectivity index (χ1) is 12.5. The lowest BCUT2D eigenvalue weighted by Gasteiger charge is -2.29. The Morgan fingerprint density at radius 1 is 1.31 bits per heavy atom. The fourth-order valence-electron chi connectivity index (χ4n) is 2.72. The summed E-state index contributed by atoms with van der Waals surface area (Å²) in [6, 6.07) is 11.8. The van der Waals surface area contributed by atoms with E-state index in [0.29, 0.717) is 22.6 Å². The predicted octanol–water partition coefficient (Wildman–Crippen LogP) is 3.99. The van der Waals surface area contributed by atoms with Gasteiger partial charge in [0.15, 0.2) is 0 Å². The molecule has 136 valence electrons. The number of carbonyl (C=O) groups is 2. The minimum Gasteiger partial charge on any atom is -0.350 e. The van der Waals surface area contributed by atoms with Crippen LogP contribution in [-0.4, -0.2) is 23.6 Å². The van der Waals surface area contributed by atoms with Gasteiger partial charge in [0, 0.05) is 22.1 Å². The van der Waals surface area contributed by atoms with Gasteiger partial charge in [0.1, 0.15) is 5.82 Å². The Labute approximate surface area is 156 Å². The highest BCUT2D eigenvalue weighted by Gasteiger charge is 2.26. The van der Waals surface area contributed by atoms with E-state index in [4.69, 9.17) is 0 Å². The molecule has 0 spiro atoms. The van der Waals surface area contributed by atoms with Crippen LogP contribution in [0.15, 0.2) is 47.4 Å². The summed E-state index contributed by atoms with van der Waals surface area (Å²) in [6.45, 7) is 4.10. The van der Waals surface area contributed by atoms with Crippen LogP contribution in [0.1, 0.15) is 36.2 Å². The van der Waals surface area contributed by atoms with Gasteiger partial charge in [-0.25, -0.2) is 4.39 Å². The molecule has 3 rings (SSSR count). The second-order valence-corrected chi connectivity index (χ2v) is 7.34. The molecule has 0 bridgehead atoms. The van der Waals surface area contributed by atoms with Crippen molar-refractivity contribution < 1.29 is 14.0 Å². The molecule has 1 atom stereocenters. The van der Waals surface area contributed by atoms with Gasteiger partial charge in [-0.3, -0.25) is 9.59 Å². The van der Waals surface area contributed by atoms with Crippen molar-refractivity contribution in [3.63, 3.8) is 0 Å². The van der Waals surface area contributed by atoms with Crippen LogP contribution >= 0.6 is 11.8 Å². The first-order valence-corrected chi connectivity index (χ1v) is 9.59. The van der Waals surface area contributed by atoms with Crippen molar-refractivity contribution in [1.82, 2.24) is 5.32 Å². The quantitative estimate of drug-likeness (QED) is 0.863. The maximum absolute atomic E-state index is 14.0. The average molecular weight is 372 g/mol. The van der Waals surface area contributed by atoms with Crippen LogP contribution in [-0.2, 0) is 11.3 Å². The second kappa shape index (κ2) is 7.91.